The molecule has 19 heavy (non-hydrogen) atoms. The minimum absolute atomic E-state index is 0.376. The molecule has 0 amide bonds. The third kappa shape index (κ3) is 3.35. The monoisotopic (exact) mass is 261 g/mol. The molecule has 1 heterocycles. The van der Waals surface area contributed by atoms with Crippen LogP contribution in [-0.2, 0) is 6.54 Å². The van der Waals surface area contributed by atoms with E-state index in [1.165, 1.54) is 18.4 Å². The molecule has 0 aromatic heterocycles. The molecule has 1 aliphatic heterocycles. The highest BCUT2D eigenvalue weighted by Crippen LogP contribution is 2.24. The van der Waals surface area contributed by atoms with Gasteiger partial charge in [0.05, 0.1) is 5.56 Å². The van der Waals surface area contributed by atoms with Crippen LogP contribution in [0.15, 0.2) is 18.2 Å². The predicted octanol–water partition coefficient (Wildman–Crippen LogP) is 3.31. The van der Waals surface area contributed by atoms with Gasteiger partial charge in [-0.05, 0) is 55.9 Å². The average Bonchev–Trinajstić information content (AvgIpc) is 2.36. The van der Waals surface area contributed by atoms with Gasteiger partial charge in [0.2, 0.25) is 0 Å². The molecule has 2 rings (SSSR count). The molecule has 3 nitrogen and oxygen atoms in total. The zero-order valence-electron chi connectivity index (χ0n) is 12.0. The van der Waals surface area contributed by atoms with Crippen LogP contribution in [0, 0.1) is 12.8 Å². The van der Waals surface area contributed by atoms with Crippen molar-refractivity contribution >= 4 is 5.97 Å². The van der Waals surface area contributed by atoms with Crippen molar-refractivity contribution in [2.75, 3.05) is 6.54 Å². The predicted molar refractivity (Wildman–Crippen MR) is 76.4 cm³/mol. The molecule has 1 aromatic rings. The lowest BCUT2D eigenvalue weighted by Crippen LogP contribution is -2.40. The molecule has 104 valence electrons. The number of aromatic carboxylic acids is 1. The van der Waals surface area contributed by atoms with Gasteiger partial charge in [-0.1, -0.05) is 13.0 Å². The van der Waals surface area contributed by atoms with Crippen molar-refractivity contribution < 1.29 is 9.90 Å². The van der Waals surface area contributed by atoms with Gasteiger partial charge in [-0.15, -0.1) is 0 Å². The van der Waals surface area contributed by atoms with E-state index in [4.69, 9.17) is 5.11 Å². The summed E-state index contributed by atoms with van der Waals surface area (Å²) in [7, 11) is 0. The summed E-state index contributed by atoms with van der Waals surface area (Å²) in [5.41, 5.74) is 2.69. The lowest BCUT2D eigenvalue weighted by Gasteiger charge is -2.37. The van der Waals surface area contributed by atoms with E-state index in [0.29, 0.717) is 11.6 Å². The van der Waals surface area contributed by atoms with Gasteiger partial charge in [-0.25, -0.2) is 4.79 Å². The largest absolute Gasteiger partial charge is 0.478 e. The summed E-state index contributed by atoms with van der Waals surface area (Å²) in [6.07, 6.45) is 2.57. The molecule has 1 aliphatic rings. The topological polar surface area (TPSA) is 40.5 Å². The first-order valence-electron chi connectivity index (χ1n) is 7.04. The van der Waals surface area contributed by atoms with Crippen molar-refractivity contribution in [1.29, 1.82) is 0 Å². The van der Waals surface area contributed by atoms with Crippen molar-refractivity contribution in [2.24, 2.45) is 5.92 Å². The van der Waals surface area contributed by atoms with Crippen molar-refractivity contribution in [3.05, 3.63) is 34.9 Å². The summed E-state index contributed by atoms with van der Waals surface area (Å²) < 4.78 is 0. The fourth-order valence-corrected chi connectivity index (χ4v) is 2.83. The van der Waals surface area contributed by atoms with Gasteiger partial charge in [0, 0.05) is 19.1 Å². The Bertz CT molecular complexity index is 470. The van der Waals surface area contributed by atoms with Gasteiger partial charge in [-0.2, -0.15) is 0 Å². The van der Waals surface area contributed by atoms with Crippen molar-refractivity contribution in [2.45, 2.75) is 46.2 Å². The zero-order valence-corrected chi connectivity index (χ0v) is 12.0. The first kappa shape index (κ1) is 14.1. The van der Waals surface area contributed by atoms with Crippen molar-refractivity contribution in [3.8, 4) is 0 Å². The molecule has 0 saturated carbocycles. The second kappa shape index (κ2) is 5.74. The molecule has 0 bridgehead atoms. The van der Waals surface area contributed by atoms with Crippen LogP contribution in [0.2, 0.25) is 0 Å². The number of carboxylic acid groups (broad SMARTS) is 1. The summed E-state index contributed by atoms with van der Waals surface area (Å²) in [6.45, 7) is 8.66. The number of rotatable bonds is 3. The van der Waals surface area contributed by atoms with Gasteiger partial charge in [0.15, 0.2) is 0 Å². The smallest absolute Gasteiger partial charge is 0.335 e. The molecule has 0 spiro atoms. The summed E-state index contributed by atoms with van der Waals surface area (Å²) >= 11 is 0. The summed E-state index contributed by atoms with van der Waals surface area (Å²) in [4.78, 5) is 13.4. The minimum Gasteiger partial charge on any atom is -0.478 e. The Morgan fingerprint density at radius 1 is 1.37 bits per heavy atom. The van der Waals surface area contributed by atoms with Gasteiger partial charge in [-0.3, -0.25) is 4.90 Å². The summed E-state index contributed by atoms with van der Waals surface area (Å²) in [5, 5.41) is 8.99. The number of nitrogens with zero attached hydrogens (tertiary/aromatic N) is 1. The van der Waals surface area contributed by atoms with E-state index >= 15 is 0 Å². The quantitative estimate of drug-likeness (QED) is 0.907. The van der Waals surface area contributed by atoms with Gasteiger partial charge >= 0.3 is 5.97 Å². The van der Waals surface area contributed by atoms with E-state index in [0.717, 1.165) is 24.6 Å². The highest BCUT2D eigenvalue weighted by atomic mass is 16.4. The first-order chi connectivity index (χ1) is 8.97. The van der Waals surface area contributed by atoms with Gasteiger partial charge in [0.1, 0.15) is 0 Å². The molecule has 1 N–H and O–H groups in total. The second-order valence-electron chi connectivity index (χ2n) is 5.91. The van der Waals surface area contributed by atoms with Gasteiger partial charge in [0.25, 0.3) is 0 Å². The van der Waals surface area contributed by atoms with E-state index in [2.05, 4.69) is 18.7 Å². The van der Waals surface area contributed by atoms with Crippen LogP contribution < -0.4 is 0 Å². The van der Waals surface area contributed by atoms with Crippen LogP contribution in [0.3, 0.4) is 0 Å². The van der Waals surface area contributed by atoms with Crippen LogP contribution in [-0.4, -0.2) is 28.6 Å². The molecule has 2 atom stereocenters. The number of carboxylic acids is 1. The maximum absolute atomic E-state index is 10.9. The third-order valence-electron chi connectivity index (χ3n) is 4.21. The Morgan fingerprint density at radius 2 is 2.11 bits per heavy atom. The van der Waals surface area contributed by atoms with Crippen molar-refractivity contribution in [3.63, 3.8) is 0 Å². The number of hydrogen-bond acceptors (Lipinski definition) is 2. The lowest BCUT2D eigenvalue weighted by molar-refractivity contribution is 0.0696. The Balaban J connectivity index is 2.12. The molecular weight excluding hydrogens is 238 g/mol. The van der Waals surface area contributed by atoms with Crippen LogP contribution in [0.1, 0.15) is 48.2 Å². The van der Waals surface area contributed by atoms with Crippen LogP contribution in [0.4, 0.5) is 0 Å². The lowest BCUT2D eigenvalue weighted by atomic mass is 9.94. The fourth-order valence-electron chi connectivity index (χ4n) is 2.83. The van der Waals surface area contributed by atoms with E-state index in [1.54, 1.807) is 12.1 Å². The number of piperidine rings is 1. The minimum atomic E-state index is -0.852. The SMILES string of the molecule is Cc1cc(C(=O)O)ccc1CN1CC(C)CCC1C. The number of hydrogen-bond donors (Lipinski definition) is 1. The Hall–Kier alpha value is -1.35. The van der Waals surface area contributed by atoms with E-state index < -0.39 is 5.97 Å². The molecule has 1 aromatic carbocycles. The first-order valence-corrected chi connectivity index (χ1v) is 7.04. The van der Waals surface area contributed by atoms with Crippen molar-refractivity contribution in [1.82, 2.24) is 4.90 Å². The maximum Gasteiger partial charge on any atom is 0.335 e. The average molecular weight is 261 g/mol. The molecular formula is C16H23NO2. The van der Waals surface area contributed by atoms with Crippen LogP contribution in [0.5, 0.6) is 0 Å². The highest BCUT2D eigenvalue weighted by Gasteiger charge is 2.23. The zero-order chi connectivity index (χ0) is 14.0. The van der Waals surface area contributed by atoms with E-state index in [-0.39, 0.29) is 0 Å². The standard InChI is InChI=1S/C16H23NO2/c1-11-4-5-13(3)17(9-11)10-15-7-6-14(16(18)19)8-12(15)2/h6-8,11,13H,4-5,9-10H2,1-3H3,(H,18,19). The molecule has 0 aliphatic carbocycles. The summed E-state index contributed by atoms with van der Waals surface area (Å²) in [5.74, 6) is -0.0931. The van der Waals surface area contributed by atoms with Crippen LogP contribution in [0.25, 0.3) is 0 Å². The number of likely N-dealkylation sites (tertiary alicyclic amines) is 1. The molecule has 3 heteroatoms. The molecule has 1 fully saturated rings. The van der Waals surface area contributed by atoms with Crippen LogP contribution >= 0.6 is 0 Å². The molecule has 2 unspecified atom stereocenters. The number of aryl methyl sites for hydroxylation is 1. The van der Waals surface area contributed by atoms with Gasteiger partial charge < -0.3 is 5.11 Å². The summed E-state index contributed by atoms with van der Waals surface area (Å²) in [6, 6.07) is 6.07. The highest BCUT2D eigenvalue weighted by molar-refractivity contribution is 5.87. The normalized spacial score (nSPS) is 24.4. The fraction of sp³-hybridized carbons (Fsp3) is 0.562. The third-order valence-corrected chi connectivity index (χ3v) is 4.21. The van der Waals surface area contributed by atoms with E-state index in [1.807, 2.05) is 13.0 Å². The number of benzene rings is 1. The Kier molecular flexibility index (Phi) is 4.25. The van der Waals surface area contributed by atoms with E-state index in [9.17, 15) is 4.79 Å². The Labute approximate surface area is 115 Å². The number of carbonyl (C=O) groups is 1. The molecule has 0 radical (unpaired) electrons. The molecule has 1 saturated heterocycles. The Morgan fingerprint density at radius 3 is 2.74 bits per heavy atom. The second-order valence-corrected chi connectivity index (χ2v) is 5.91. The maximum atomic E-state index is 10.9.